The largest absolute Gasteiger partial charge is 0.269 e. The van der Waals surface area contributed by atoms with Gasteiger partial charge in [0.15, 0.2) is 0 Å². The van der Waals surface area contributed by atoms with Crippen molar-refractivity contribution < 1.29 is 13.3 Å². The number of aliphatic imine (C=N–C) groups is 1. The lowest BCUT2D eigenvalue weighted by Gasteiger charge is -2.19. The zero-order valence-electron chi connectivity index (χ0n) is 12.9. The van der Waals surface area contributed by atoms with Crippen molar-refractivity contribution in [1.29, 1.82) is 0 Å². The number of hydrogen-bond acceptors (Lipinski definition) is 5. The van der Waals surface area contributed by atoms with Crippen LogP contribution in [0.1, 0.15) is 18.5 Å². The molecule has 2 aromatic carbocycles. The van der Waals surface area contributed by atoms with Gasteiger partial charge in [-0.3, -0.25) is 19.4 Å². The fraction of sp³-hybridized carbons (Fsp3) is 0.188. The van der Waals surface area contributed by atoms with Gasteiger partial charge in [-0.15, -0.1) is 0 Å². The average Bonchev–Trinajstić information content (AvgIpc) is 2.98. The highest BCUT2D eigenvalue weighted by molar-refractivity contribution is 7.89. The lowest BCUT2D eigenvalue weighted by atomic mass is 10.1. The molecule has 0 aliphatic carbocycles. The molecule has 0 amide bonds. The third kappa shape index (κ3) is 2.88. The standard InChI is InChI=1S/C16H15N3O4S/c1-12-17-16(13-5-3-2-4-6-13)11-18(12)24(22,23)15-9-7-14(8-10-15)19(20)21/h2-10,16H,11H2,1H3. The first kappa shape index (κ1) is 16.1. The van der Waals surface area contributed by atoms with Gasteiger partial charge in [0.05, 0.1) is 22.4 Å². The van der Waals surface area contributed by atoms with Gasteiger partial charge in [-0.05, 0) is 24.6 Å². The number of hydrogen-bond donors (Lipinski definition) is 0. The van der Waals surface area contributed by atoms with Gasteiger partial charge in [0.1, 0.15) is 5.84 Å². The van der Waals surface area contributed by atoms with Crippen molar-refractivity contribution >= 4 is 21.5 Å². The van der Waals surface area contributed by atoms with E-state index in [0.717, 1.165) is 5.56 Å². The van der Waals surface area contributed by atoms with Crippen LogP contribution in [0.25, 0.3) is 0 Å². The molecule has 2 aromatic rings. The minimum atomic E-state index is -3.79. The highest BCUT2D eigenvalue weighted by atomic mass is 32.2. The number of nitro benzene ring substituents is 1. The summed E-state index contributed by atoms with van der Waals surface area (Å²) >= 11 is 0. The van der Waals surface area contributed by atoms with Gasteiger partial charge in [-0.2, -0.15) is 0 Å². The Labute approximate surface area is 139 Å². The molecule has 0 aromatic heterocycles. The maximum absolute atomic E-state index is 12.8. The van der Waals surface area contributed by atoms with Crippen LogP contribution in [0, 0.1) is 10.1 Å². The first-order valence-electron chi connectivity index (χ1n) is 7.26. The second kappa shape index (κ2) is 6.04. The summed E-state index contributed by atoms with van der Waals surface area (Å²) in [6.07, 6.45) is 0. The molecule has 0 spiro atoms. The number of amidine groups is 1. The number of sulfonamides is 1. The first-order valence-corrected chi connectivity index (χ1v) is 8.70. The highest BCUT2D eigenvalue weighted by Crippen LogP contribution is 2.29. The fourth-order valence-electron chi connectivity index (χ4n) is 2.61. The summed E-state index contributed by atoms with van der Waals surface area (Å²) in [7, 11) is -3.79. The zero-order chi connectivity index (χ0) is 17.3. The summed E-state index contributed by atoms with van der Waals surface area (Å²) in [6, 6.07) is 14.1. The Morgan fingerprint density at radius 1 is 1.12 bits per heavy atom. The molecule has 8 heteroatoms. The summed E-state index contributed by atoms with van der Waals surface area (Å²) in [4.78, 5) is 14.6. The second-order valence-electron chi connectivity index (χ2n) is 5.39. The van der Waals surface area contributed by atoms with E-state index < -0.39 is 14.9 Å². The van der Waals surface area contributed by atoms with Crippen LogP contribution in [-0.2, 0) is 10.0 Å². The predicted molar refractivity (Wildman–Crippen MR) is 89.3 cm³/mol. The van der Waals surface area contributed by atoms with E-state index in [-0.39, 0.29) is 23.2 Å². The Bertz CT molecular complexity index is 893. The molecule has 0 fully saturated rings. The van der Waals surface area contributed by atoms with Crippen LogP contribution >= 0.6 is 0 Å². The van der Waals surface area contributed by atoms with Gasteiger partial charge >= 0.3 is 0 Å². The van der Waals surface area contributed by atoms with Crippen LogP contribution in [0.5, 0.6) is 0 Å². The second-order valence-corrected chi connectivity index (χ2v) is 7.25. The van der Waals surface area contributed by atoms with E-state index in [1.165, 1.54) is 28.6 Å². The molecule has 1 aliphatic heterocycles. The molecule has 1 atom stereocenters. The highest BCUT2D eigenvalue weighted by Gasteiger charge is 2.33. The molecule has 0 radical (unpaired) electrons. The molecule has 3 rings (SSSR count). The molecule has 0 N–H and O–H groups in total. The SMILES string of the molecule is CC1=NC(c2ccccc2)CN1S(=O)(=O)c1ccc([N+](=O)[O-])cc1. The first-order chi connectivity index (χ1) is 11.4. The quantitative estimate of drug-likeness (QED) is 0.629. The van der Waals surface area contributed by atoms with Gasteiger partial charge in [0.25, 0.3) is 15.7 Å². The molecule has 7 nitrogen and oxygen atoms in total. The van der Waals surface area contributed by atoms with Crippen molar-refractivity contribution in [3.05, 3.63) is 70.3 Å². The lowest BCUT2D eigenvalue weighted by molar-refractivity contribution is -0.384. The molecule has 0 bridgehead atoms. The van der Waals surface area contributed by atoms with Crippen LogP contribution < -0.4 is 0 Å². The van der Waals surface area contributed by atoms with Gasteiger partial charge in [-0.25, -0.2) is 8.42 Å². The topological polar surface area (TPSA) is 92.9 Å². The van der Waals surface area contributed by atoms with E-state index in [1.54, 1.807) is 6.92 Å². The van der Waals surface area contributed by atoms with Crippen molar-refractivity contribution in [3.63, 3.8) is 0 Å². The van der Waals surface area contributed by atoms with Crippen molar-refractivity contribution in [2.75, 3.05) is 6.54 Å². The Kier molecular flexibility index (Phi) is 4.06. The maximum Gasteiger partial charge on any atom is 0.269 e. The Hall–Kier alpha value is -2.74. The smallest absolute Gasteiger partial charge is 0.262 e. The van der Waals surface area contributed by atoms with Crippen LogP contribution in [0.15, 0.2) is 64.5 Å². The fourth-order valence-corrected chi connectivity index (χ4v) is 4.08. The molecule has 124 valence electrons. The van der Waals surface area contributed by atoms with Crippen molar-refractivity contribution in [2.24, 2.45) is 4.99 Å². The minimum Gasteiger partial charge on any atom is -0.262 e. The Morgan fingerprint density at radius 2 is 1.75 bits per heavy atom. The third-order valence-electron chi connectivity index (χ3n) is 3.86. The van der Waals surface area contributed by atoms with Crippen molar-refractivity contribution in [2.45, 2.75) is 17.9 Å². The molecule has 1 unspecified atom stereocenters. The molecule has 1 heterocycles. The van der Waals surface area contributed by atoms with E-state index >= 15 is 0 Å². The number of nitro groups is 1. The van der Waals surface area contributed by atoms with Gasteiger partial charge in [-0.1, -0.05) is 30.3 Å². The predicted octanol–water partition coefficient (Wildman–Crippen LogP) is 2.76. The van der Waals surface area contributed by atoms with E-state index in [2.05, 4.69) is 4.99 Å². The minimum absolute atomic E-state index is 0.0105. The van der Waals surface area contributed by atoms with E-state index in [0.29, 0.717) is 5.84 Å². The summed E-state index contributed by atoms with van der Waals surface area (Å²) < 4.78 is 26.8. The Morgan fingerprint density at radius 3 is 2.33 bits per heavy atom. The van der Waals surface area contributed by atoms with E-state index in [4.69, 9.17) is 0 Å². The van der Waals surface area contributed by atoms with Crippen LogP contribution in [0.3, 0.4) is 0 Å². The van der Waals surface area contributed by atoms with Gasteiger partial charge < -0.3 is 0 Å². The summed E-state index contributed by atoms with van der Waals surface area (Å²) in [5.74, 6) is 0.405. The van der Waals surface area contributed by atoms with Crippen LogP contribution in [-0.4, -0.2) is 30.0 Å². The molecule has 0 saturated heterocycles. The van der Waals surface area contributed by atoms with E-state index in [9.17, 15) is 18.5 Å². The number of nitrogens with zero attached hydrogens (tertiary/aromatic N) is 3. The summed E-state index contributed by atoms with van der Waals surface area (Å²) in [5, 5.41) is 10.7. The van der Waals surface area contributed by atoms with E-state index in [1.807, 2.05) is 30.3 Å². The van der Waals surface area contributed by atoms with Crippen LogP contribution in [0.4, 0.5) is 5.69 Å². The van der Waals surface area contributed by atoms with Gasteiger partial charge in [0, 0.05) is 12.1 Å². The Balaban J connectivity index is 1.88. The van der Waals surface area contributed by atoms with Gasteiger partial charge in [0.2, 0.25) is 0 Å². The molecular formula is C16H15N3O4S. The van der Waals surface area contributed by atoms with Crippen LogP contribution in [0.2, 0.25) is 0 Å². The van der Waals surface area contributed by atoms with Crippen molar-refractivity contribution in [3.8, 4) is 0 Å². The normalized spacial score (nSPS) is 17.6. The molecular weight excluding hydrogens is 330 g/mol. The lowest BCUT2D eigenvalue weighted by Crippen LogP contribution is -2.33. The monoisotopic (exact) mass is 345 g/mol. The molecule has 24 heavy (non-hydrogen) atoms. The van der Waals surface area contributed by atoms with Crippen molar-refractivity contribution in [1.82, 2.24) is 4.31 Å². The third-order valence-corrected chi connectivity index (χ3v) is 5.72. The summed E-state index contributed by atoms with van der Waals surface area (Å²) in [5.41, 5.74) is 0.793. The molecule has 1 aliphatic rings. The molecule has 0 saturated carbocycles. The number of rotatable bonds is 4. The number of benzene rings is 2. The summed E-state index contributed by atoms with van der Waals surface area (Å²) in [6.45, 7) is 1.86. The average molecular weight is 345 g/mol. The maximum atomic E-state index is 12.8. The zero-order valence-corrected chi connectivity index (χ0v) is 13.7. The number of non-ortho nitro benzene ring substituents is 1.